The van der Waals surface area contributed by atoms with Gasteiger partial charge in [0.05, 0.1) is 6.61 Å². The molecule has 0 aliphatic carbocycles. The van der Waals surface area contributed by atoms with Crippen LogP contribution in [-0.4, -0.2) is 54.8 Å². The lowest BCUT2D eigenvalue weighted by atomic mass is 10.1. The highest BCUT2D eigenvalue weighted by atomic mass is 16.5. The summed E-state index contributed by atoms with van der Waals surface area (Å²) in [5.41, 5.74) is 2.06. The summed E-state index contributed by atoms with van der Waals surface area (Å²) in [5.74, 6) is 0.616. The van der Waals surface area contributed by atoms with Gasteiger partial charge in [-0.05, 0) is 50.4 Å². The van der Waals surface area contributed by atoms with Crippen molar-refractivity contribution in [3.63, 3.8) is 0 Å². The summed E-state index contributed by atoms with van der Waals surface area (Å²) in [7, 11) is 0. The van der Waals surface area contributed by atoms with Crippen molar-refractivity contribution >= 4 is 5.91 Å². The molecule has 1 aliphatic heterocycles. The third-order valence-corrected chi connectivity index (χ3v) is 5.23. The van der Waals surface area contributed by atoms with Crippen LogP contribution in [0.15, 0.2) is 54.6 Å². The van der Waals surface area contributed by atoms with Crippen molar-refractivity contribution in [2.24, 2.45) is 0 Å². The molecule has 1 amide bonds. The van der Waals surface area contributed by atoms with E-state index >= 15 is 0 Å². The van der Waals surface area contributed by atoms with Crippen LogP contribution in [-0.2, 0) is 4.79 Å². The highest BCUT2D eigenvalue weighted by Crippen LogP contribution is 2.29. The number of ether oxygens (including phenoxy) is 1. The second-order valence-electron chi connectivity index (χ2n) is 7.22. The maximum absolute atomic E-state index is 12.1. The van der Waals surface area contributed by atoms with Gasteiger partial charge in [0.15, 0.2) is 6.61 Å². The standard InChI is InChI=1S/C23H30N2O3/c26-17-20-11-8-16-25(20)15-7-6-14-24-23(27)18-28-22-13-5-4-12-21(22)19-9-2-1-3-10-19/h1-5,9-10,12-13,20,26H,6-8,11,14-18H2,(H,24,27)/t20-/m1/s1. The van der Waals surface area contributed by atoms with E-state index in [0.29, 0.717) is 18.3 Å². The summed E-state index contributed by atoms with van der Waals surface area (Å²) in [6.45, 7) is 2.98. The van der Waals surface area contributed by atoms with E-state index in [1.807, 2.05) is 54.6 Å². The highest BCUT2D eigenvalue weighted by molar-refractivity contribution is 5.78. The third-order valence-electron chi connectivity index (χ3n) is 5.23. The lowest BCUT2D eigenvalue weighted by Crippen LogP contribution is -2.34. The Labute approximate surface area is 167 Å². The largest absolute Gasteiger partial charge is 0.483 e. The molecule has 1 aliphatic rings. The molecule has 0 aromatic heterocycles. The molecule has 28 heavy (non-hydrogen) atoms. The SMILES string of the molecule is O=C(COc1ccccc1-c1ccccc1)NCCCCN1CCC[C@@H]1CO. The minimum atomic E-state index is -0.0997. The Balaban J connectivity index is 1.37. The molecule has 2 N–H and O–H groups in total. The Morgan fingerprint density at radius 3 is 2.71 bits per heavy atom. The summed E-state index contributed by atoms with van der Waals surface area (Å²) in [4.78, 5) is 14.5. The molecule has 5 heteroatoms. The van der Waals surface area contributed by atoms with Gasteiger partial charge >= 0.3 is 0 Å². The Hall–Kier alpha value is -2.37. The molecular formula is C23H30N2O3. The smallest absolute Gasteiger partial charge is 0.257 e. The lowest BCUT2D eigenvalue weighted by Gasteiger charge is -2.22. The summed E-state index contributed by atoms with van der Waals surface area (Å²) in [5, 5.41) is 12.3. The van der Waals surface area contributed by atoms with E-state index in [1.54, 1.807) is 0 Å². The van der Waals surface area contributed by atoms with Gasteiger partial charge in [-0.25, -0.2) is 0 Å². The van der Waals surface area contributed by atoms with Crippen molar-refractivity contribution in [2.75, 3.05) is 32.8 Å². The van der Waals surface area contributed by atoms with Crippen molar-refractivity contribution in [3.8, 4) is 16.9 Å². The Bertz CT molecular complexity index is 736. The molecule has 1 atom stereocenters. The van der Waals surface area contributed by atoms with Crippen molar-refractivity contribution in [2.45, 2.75) is 31.7 Å². The van der Waals surface area contributed by atoms with Crippen LogP contribution in [0.1, 0.15) is 25.7 Å². The number of nitrogens with one attached hydrogen (secondary N) is 1. The fraction of sp³-hybridized carbons (Fsp3) is 0.435. The van der Waals surface area contributed by atoms with Crippen molar-refractivity contribution < 1.29 is 14.6 Å². The summed E-state index contributed by atoms with van der Waals surface area (Å²) in [6, 6.07) is 18.1. The lowest BCUT2D eigenvalue weighted by molar-refractivity contribution is -0.123. The van der Waals surface area contributed by atoms with E-state index in [-0.39, 0.29) is 19.1 Å². The molecule has 0 unspecified atom stereocenters. The molecule has 0 bridgehead atoms. The molecule has 0 spiro atoms. The number of aliphatic hydroxyl groups excluding tert-OH is 1. The zero-order valence-corrected chi connectivity index (χ0v) is 16.3. The number of unbranched alkanes of at least 4 members (excludes halogenated alkanes) is 1. The van der Waals surface area contributed by atoms with E-state index in [0.717, 1.165) is 43.5 Å². The summed E-state index contributed by atoms with van der Waals surface area (Å²) in [6.07, 6.45) is 4.22. The van der Waals surface area contributed by atoms with Gasteiger partial charge in [0.25, 0.3) is 5.91 Å². The van der Waals surface area contributed by atoms with E-state index in [2.05, 4.69) is 10.2 Å². The number of carbonyl (C=O) groups excluding carboxylic acids is 1. The molecule has 0 saturated carbocycles. The van der Waals surface area contributed by atoms with Crippen molar-refractivity contribution in [1.29, 1.82) is 0 Å². The molecule has 0 radical (unpaired) electrons. The maximum atomic E-state index is 12.1. The van der Waals surface area contributed by atoms with Crippen LogP contribution in [0.25, 0.3) is 11.1 Å². The number of hydrogen-bond donors (Lipinski definition) is 2. The van der Waals surface area contributed by atoms with Crippen molar-refractivity contribution in [1.82, 2.24) is 10.2 Å². The van der Waals surface area contributed by atoms with Crippen LogP contribution < -0.4 is 10.1 Å². The zero-order valence-electron chi connectivity index (χ0n) is 16.3. The highest BCUT2D eigenvalue weighted by Gasteiger charge is 2.22. The van der Waals surface area contributed by atoms with Crippen LogP contribution in [0.3, 0.4) is 0 Å². The van der Waals surface area contributed by atoms with E-state index in [9.17, 15) is 9.90 Å². The Kier molecular flexibility index (Phi) is 7.88. The molecule has 3 rings (SSSR count). The average Bonchev–Trinajstić information content (AvgIpc) is 3.20. The number of rotatable bonds is 10. The first kappa shape index (κ1) is 20.4. The van der Waals surface area contributed by atoms with Crippen molar-refractivity contribution in [3.05, 3.63) is 54.6 Å². The van der Waals surface area contributed by atoms with Gasteiger partial charge in [0, 0.05) is 18.2 Å². The van der Waals surface area contributed by atoms with E-state index in [1.165, 1.54) is 6.42 Å². The number of benzene rings is 2. The number of para-hydroxylation sites is 1. The number of carbonyl (C=O) groups is 1. The van der Waals surface area contributed by atoms with Crippen LogP contribution in [0.2, 0.25) is 0 Å². The molecular weight excluding hydrogens is 352 g/mol. The van der Waals surface area contributed by atoms with Gasteiger partial charge in [0.2, 0.25) is 0 Å². The van der Waals surface area contributed by atoms with Crippen LogP contribution in [0.5, 0.6) is 5.75 Å². The quantitative estimate of drug-likeness (QED) is 0.620. The van der Waals surface area contributed by atoms with Gasteiger partial charge in [-0.15, -0.1) is 0 Å². The van der Waals surface area contributed by atoms with Gasteiger partial charge in [-0.3, -0.25) is 9.69 Å². The Morgan fingerprint density at radius 1 is 1.11 bits per heavy atom. The topological polar surface area (TPSA) is 61.8 Å². The fourth-order valence-electron chi connectivity index (χ4n) is 3.71. The first-order valence-corrected chi connectivity index (χ1v) is 10.2. The molecule has 2 aromatic carbocycles. The second-order valence-corrected chi connectivity index (χ2v) is 7.22. The third kappa shape index (κ3) is 5.81. The molecule has 2 aromatic rings. The zero-order chi connectivity index (χ0) is 19.6. The number of nitrogens with zero attached hydrogens (tertiary/aromatic N) is 1. The van der Waals surface area contributed by atoms with Crippen LogP contribution in [0.4, 0.5) is 0 Å². The second kappa shape index (κ2) is 10.8. The number of hydrogen-bond acceptors (Lipinski definition) is 4. The first-order chi connectivity index (χ1) is 13.8. The van der Waals surface area contributed by atoms with Gasteiger partial charge in [-0.1, -0.05) is 48.5 Å². The molecule has 5 nitrogen and oxygen atoms in total. The van der Waals surface area contributed by atoms with Crippen LogP contribution in [0, 0.1) is 0 Å². The van der Waals surface area contributed by atoms with Gasteiger partial charge in [0.1, 0.15) is 5.75 Å². The van der Waals surface area contributed by atoms with Gasteiger partial charge in [-0.2, -0.15) is 0 Å². The average molecular weight is 383 g/mol. The fourth-order valence-corrected chi connectivity index (χ4v) is 3.71. The summed E-state index contributed by atoms with van der Waals surface area (Å²) >= 11 is 0. The summed E-state index contributed by atoms with van der Waals surface area (Å²) < 4.78 is 5.77. The molecule has 1 saturated heterocycles. The molecule has 1 heterocycles. The molecule has 150 valence electrons. The predicted octanol–water partition coefficient (Wildman–Crippen LogP) is 3.09. The number of aliphatic hydroxyl groups is 1. The van der Waals surface area contributed by atoms with Crippen LogP contribution >= 0.6 is 0 Å². The monoisotopic (exact) mass is 382 g/mol. The number of amides is 1. The van der Waals surface area contributed by atoms with E-state index in [4.69, 9.17) is 4.74 Å². The Morgan fingerprint density at radius 2 is 1.89 bits per heavy atom. The maximum Gasteiger partial charge on any atom is 0.257 e. The minimum Gasteiger partial charge on any atom is -0.483 e. The first-order valence-electron chi connectivity index (χ1n) is 10.2. The van der Waals surface area contributed by atoms with E-state index < -0.39 is 0 Å². The minimum absolute atomic E-state index is 0.0164. The molecule has 1 fully saturated rings. The number of likely N-dealkylation sites (tertiary alicyclic amines) is 1. The normalized spacial score (nSPS) is 16.8. The predicted molar refractivity (Wildman–Crippen MR) is 111 cm³/mol. The van der Waals surface area contributed by atoms with Gasteiger partial charge < -0.3 is 15.2 Å².